The molecule has 2 N–H and O–H groups in total. The van der Waals surface area contributed by atoms with Gasteiger partial charge in [-0.05, 0) is 43.3 Å². The topological polar surface area (TPSA) is 95.7 Å². The highest BCUT2D eigenvalue weighted by atomic mass is 19.1. The Morgan fingerprint density at radius 3 is 2.52 bits per heavy atom. The number of aliphatic hydroxyl groups excluding tert-OH is 1. The van der Waals surface area contributed by atoms with Crippen molar-refractivity contribution in [3.63, 3.8) is 0 Å². The second-order valence-electron chi connectivity index (χ2n) is 5.52. The van der Waals surface area contributed by atoms with E-state index in [9.17, 15) is 19.3 Å². The normalized spacial score (nSPS) is 10.4. The van der Waals surface area contributed by atoms with E-state index in [2.05, 4.69) is 5.32 Å². The van der Waals surface area contributed by atoms with Crippen LogP contribution in [-0.2, 0) is 0 Å². The van der Waals surface area contributed by atoms with Crippen LogP contribution in [0.5, 0.6) is 0 Å². The maximum Gasteiger partial charge on any atom is 0.285 e. The SMILES string of the molecule is Cc1cc(F)cc(C(=O)Nc2ccc(N(C)CCO)cc2)c1[N+](=O)[O-]. The molecule has 0 aromatic heterocycles. The van der Waals surface area contributed by atoms with E-state index in [1.165, 1.54) is 6.92 Å². The number of hydrogen-bond acceptors (Lipinski definition) is 5. The summed E-state index contributed by atoms with van der Waals surface area (Å²) in [6.07, 6.45) is 0. The highest BCUT2D eigenvalue weighted by Gasteiger charge is 2.24. The number of nitrogens with one attached hydrogen (secondary N) is 1. The van der Waals surface area contributed by atoms with Crippen LogP contribution in [0.15, 0.2) is 36.4 Å². The summed E-state index contributed by atoms with van der Waals surface area (Å²) in [5, 5.41) is 22.6. The molecule has 2 rings (SSSR count). The second-order valence-corrected chi connectivity index (χ2v) is 5.52. The second kappa shape index (κ2) is 7.71. The van der Waals surface area contributed by atoms with Gasteiger partial charge in [0.1, 0.15) is 11.4 Å². The first kappa shape index (κ1) is 18.3. The quantitative estimate of drug-likeness (QED) is 0.619. The number of halogens is 1. The highest BCUT2D eigenvalue weighted by molar-refractivity contribution is 6.07. The minimum absolute atomic E-state index is 0.0115. The van der Waals surface area contributed by atoms with E-state index in [1.807, 2.05) is 11.9 Å². The largest absolute Gasteiger partial charge is 0.395 e. The van der Waals surface area contributed by atoms with Crippen LogP contribution in [0.25, 0.3) is 0 Å². The van der Waals surface area contributed by atoms with Gasteiger partial charge in [-0.1, -0.05) is 0 Å². The number of anilines is 2. The molecule has 0 atom stereocenters. The molecule has 0 fully saturated rings. The van der Waals surface area contributed by atoms with Crippen LogP contribution in [0.4, 0.5) is 21.5 Å². The molecule has 0 unspecified atom stereocenters. The molecule has 0 bridgehead atoms. The van der Waals surface area contributed by atoms with Gasteiger partial charge < -0.3 is 15.3 Å². The zero-order chi connectivity index (χ0) is 18.6. The minimum atomic E-state index is -0.759. The average Bonchev–Trinajstić information content (AvgIpc) is 2.54. The molecular formula is C17H18FN3O4. The smallest absolute Gasteiger partial charge is 0.285 e. The van der Waals surface area contributed by atoms with Crippen LogP contribution < -0.4 is 10.2 Å². The third-order valence-electron chi connectivity index (χ3n) is 3.69. The van der Waals surface area contributed by atoms with Gasteiger partial charge in [0.15, 0.2) is 0 Å². The number of aliphatic hydroxyl groups is 1. The number of benzene rings is 2. The first-order valence-corrected chi connectivity index (χ1v) is 7.51. The summed E-state index contributed by atoms with van der Waals surface area (Å²) < 4.78 is 13.6. The third-order valence-corrected chi connectivity index (χ3v) is 3.69. The van der Waals surface area contributed by atoms with Gasteiger partial charge in [-0.15, -0.1) is 0 Å². The lowest BCUT2D eigenvalue weighted by Gasteiger charge is -2.18. The first-order valence-electron chi connectivity index (χ1n) is 7.51. The van der Waals surface area contributed by atoms with Crippen molar-refractivity contribution >= 4 is 23.0 Å². The Kier molecular flexibility index (Phi) is 5.66. The summed E-state index contributed by atoms with van der Waals surface area (Å²) in [5.74, 6) is -1.47. The van der Waals surface area contributed by atoms with Gasteiger partial charge in [0, 0.05) is 30.5 Å². The molecule has 2 aromatic carbocycles. The number of likely N-dealkylation sites (N-methyl/N-ethyl adjacent to an activating group) is 1. The summed E-state index contributed by atoms with van der Waals surface area (Å²) in [7, 11) is 1.81. The van der Waals surface area contributed by atoms with E-state index in [0.717, 1.165) is 17.8 Å². The van der Waals surface area contributed by atoms with Gasteiger partial charge >= 0.3 is 0 Å². The fourth-order valence-corrected chi connectivity index (χ4v) is 2.43. The van der Waals surface area contributed by atoms with Crippen molar-refractivity contribution in [3.8, 4) is 0 Å². The number of hydrogen-bond donors (Lipinski definition) is 2. The van der Waals surface area contributed by atoms with Crippen molar-refractivity contribution < 1.29 is 19.2 Å². The monoisotopic (exact) mass is 347 g/mol. The van der Waals surface area contributed by atoms with Gasteiger partial charge in [-0.25, -0.2) is 4.39 Å². The Labute approximate surface area is 143 Å². The third kappa shape index (κ3) is 4.30. The Hall–Kier alpha value is -3.00. The van der Waals surface area contributed by atoms with Gasteiger partial charge in [0.2, 0.25) is 0 Å². The summed E-state index contributed by atoms with van der Waals surface area (Å²) in [6, 6.07) is 8.58. The van der Waals surface area contributed by atoms with E-state index in [-0.39, 0.29) is 17.7 Å². The molecule has 0 aliphatic heterocycles. The number of nitro benzene ring substituents is 1. The molecule has 0 saturated carbocycles. The predicted molar refractivity (Wildman–Crippen MR) is 92.5 cm³/mol. The molecule has 8 heteroatoms. The Balaban J connectivity index is 2.24. The molecule has 0 aliphatic carbocycles. The van der Waals surface area contributed by atoms with Crippen molar-refractivity contribution in [2.45, 2.75) is 6.92 Å². The van der Waals surface area contributed by atoms with Crippen LogP contribution in [-0.4, -0.2) is 36.1 Å². The van der Waals surface area contributed by atoms with Crippen LogP contribution >= 0.6 is 0 Å². The number of carbonyl (C=O) groups is 1. The van der Waals surface area contributed by atoms with Crippen molar-refractivity contribution in [2.75, 3.05) is 30.4 Å². The maximum absolute atomic E-state index is 13.6. The van der Waals surface area contributed by atoms with Crippen LogP contribution in [0.2, 0.25) is 0 Å². The molecular weight excluding hydrogens is 329 g/mol. The van der Waals surface area contributed by atoms with Crippen molar-refractivity contribution in [2.24, 2.45) is 0 Å². The van der Waals surface area contributed by atoms with E-state index in [0.29, 0.717) is 12.2 Å². The number of nitro groups is 1. The zero-order valence-electron chi connectivity index (χ0n) is 13.8. The van der Waals surface area contributed by atoms with Crippen LogP contribution in [0.3, 0.4) is 0 Å². The first-order chi connectivity index (χ1) is 11.8. The minimum Gasteiger partial charge on any atom is -0.395 e. The molecule has 0 spiro atoms. The number of rotatable bonds is 6. The molecule has 132 valence electrons. The Bertz CT molecular complexity index is 793. The summed E-state index contributed by atoms with van der Waals surface area (Å²) in [5.41, 5.74) is 0.584. The van der Waals surface area contributed by atoms with E-state index >= 15 is 0 Å². The molecule has 0 heterocycles. The standard InChI is InChI=1S/C17H18FN3O4/c1-11-9-12(18)10-15(16(11)21(24)25)17(23)19-13-3-5-14(6-4-13)20(2)7-8-22/h3-6,9-10,22H,7-8H2,1-2H3,(H,19,23). The lowest BCUT2D eigenvalue weighted by Crippen LogP contribution is -2.21. The highest BCUT2D eigenvalue weighted by Crippen LogP contribution is 2.26. The van der Waals surface area contributed by atoms with Crippen molar-refractivity contribution in [1.82, 2.24) is 0 Å². The molecule has 0 saturated heterocycles. The number of carbonyl (C=O) groups excluding carboxylic acids is 1. The molecule has 7 nitrogen and oxygen atoms in total. The van der Waals surface area contributed by atoms with E-state index in [1.54, 1.807) is 24.3 Å². The van der Waals surface area contributed by atoms with E-state index < -0.39 is 22.3 Å². The number of amides is 1. The average molecular weight is 347 g/mol. The van der Waals surface area contributed by atoms with Crippen LogP contribution in [0.1, 0.15) is 15.9 Å². The molecule has 2 aromatic rings. The summed E-state index contributed by atoms with van der Waals surface area (Å²) >= 11 is 0. The van der Waals surface area contributed by atoms with Crippen molar-refractivity contribution in [1.29, 1.82) is 0 Å². The fourth-order valence-electron chi connectivity index (χ4n) is 2.43. The number of aryl methyl sites for hydroxylation is 1. The molecule has 1 amide bonds. The Morgan fingerprint density at radius 2 is 1.96 bits per heavy atom. The Morgan fingerprint density at radius 1 is 1.32 bits per heavy atom. The maximum atomic E-state index is 13.6. The molecule has 25 heavy (non-hydrogen) atoms. The van der Waals surface area contributed by atoms with Gasteiger partial charge in [-0.2, -0.15) is 0 Å². The lowest BCUT2D eigenvalue weighted by molar-refractivity contribution is -0.385. The predicted octanol–water partition coefficient (Wildman–Crippen LogP) is 2.72. The lowest BCUT2D eigenvalue weighted by atomic mass is 10.1. The zero-order valence-corrected chi connectivity index (χ0v) is 13.8. The summed E-state index contributed by atoms with van der Waals surface area (Å²) in [4.78, 5) is 24.6. The van der Waals surface area contributed by atoms with Gasteiger partial charge in [0.05, 0.1) is 11.5 Å². The molecule has 0 radical (unpaired) electrons. The molecule has 0 aliphatic rings. The fraction of sp³-hybridized carbons (Fsp3) is 0.235. The van der Waals surface area contributed by atoms with E-state index in [4.69, 9.17) is 5.11 Å². The van der Waals surface area contributed by atoms with Crippen LogP contribution in [0, 0.1) is 22.9 Å². The van der Waals surface area contributed by atoms with Crippen molar-refractivity contribution in [3.05, 3.63) is 63.5 Å². The summed E-state index contributed by atoms with van der Waals surface area (Å²) in [6.45, 7) is 1.85. The van der Waals surface area contributed by atoms with Gasteiger partial charge in [-0.3, -0.25) is 14.9 Å². The number of nitrogens with zero attached hydrogens (tertiary/aromatic N) is 2. The van der Waals surface area contributed by atoms with Gasteiger partial charge in [0.25, 0.3) is 11.6 Å².